The van der Waals surface area contributed by atoms with Crippen molar-refractivity contribution in [1.82, 2.24) is 19.8 Å². The molecule has 11 heteroatoms. The molecule has 6 rings (SSSR count). The Bertz CT molecular complexity index is 1610. The minimum absolute atomic E-state index is 0.181. The van der Waals surface area contributed by atoms with E-state index in [1.807, 2.05) is 45.0 Å². The number of aromatic nitrogens is 2. The van der Waals surface area contributed by atoms with Crippen molar-refractivity contribution in [3.63, 3.8) is 0 Å². The van der Waals surface area contributed by atoms with E-state index in [-0.39, 0.29) is 18.3 Å². The predicted octanol–water partition coefficient (Wildman–Crippen LogP) is 5.19. The van der Waals surface area contributed by atoms with E-state index >= 15 is 4.39 Å². The summed E-state index contributed by atoms with van der Waals surface area (Å²) in [5, 5.41) is 11.2. The molecule has 3 aromatic rings. The molecule has 3 aliphatic rings. The van der Waals surface area contributed by atoms with Gasteiger partial charge in [0.05, 0.1) is 24.2 Å². The second kappa shape index (κ2) is 13.3. The quantitative estimate of drug-likeness (QED) is 0.365. The van der Waals surface area contributed by atoms with Gasteiger partial charge < -0.3 is 29.1 Å². The summed E-state index contributed by atoms with van der Waals surface area (Å²) in [5.74, 6) is 0.562. The van der Waals surface area contributed by atoms with Gasteiger partial charge in [0.2, 0.25) is 0 Å². The van der Waals surface area contributed by atoms with Gasteiger partial charge in [-0.25, -0.2) is 9.18 Å². The molecule has 2 atom stereocenters. The number of carbonyl (C=O) groups excluding carboxylic acids is 1. The van der Waals surface area contributed by atoms with Crippen LogP contribution >= 0.6 is 0 Å². The van der Waals surface area contributed by atoms with Gasteiger partial charge in [-0.3, -0.25) is 0 Å². The lowest BCUT2D eigenvalue weighted by atomic mass is 10.1. The van der Waals surface area contributed by atoms with Crippen molar-refractivity contribution in [2.24, 2.45) is 0 Å². The number of anilines is 2. The third-order valence-electron chi connectivity index (χ3n) is 9.29. The van der Waals surface area contributed by atoms with Crippen LogP contribution in [0.4, 0.5) is 20.7 Å². The number of nitrogens with zero attached hydrogens (tertiary/aromatic N) is 7. The maximum atomic E-state index is 15.1. The van der Waals surface area contributed by atoms with Gasteiger partial charge in [0.1, 0.15) is 23.8 Å². The summed E-state index contributed by atoms with van der Waals surface area (Å²) in [4.78, 5) is 31.4. The van der Waals surface area contributed by atoms with Crippen LogP contribution in [0.3, 0.4) is 0 Å². The minimum atomic E-state index is -0.631. The van der Waals surface area contributed by atoms with Crippen LogP contribution in [0.25, 0.3) is 10.8 Å². The molecule has 0 bridgehead atoms. The van der Waals surface area contributed by atoms with Gasteiger partial charge in [-0.05, 0) is 71.1 Å². The van der Waals surface area contributed by atoms with Crippen molar-refractivity contribution < 1.29 is 18.7 Å². The zero-order valence-corrected chi connectivity index (χ0v) is 27.3. The van der Waals surface area contributed by atoms with Crippen molar-refractivity contribution in [1.29, 1.82) is 5.26 Å². The summed E-state index contributed by atoms with van der Waals surface area (Å²) >= 11 is 0. The van der Waals surface area contributed by atoms with Gasteiger partial charge in [-0.2, -0.15) is 15.2 Å². The molecule has 0 N–H and O–H groups in total. The van der Waals surface area contributed by atoms with Crippen LogP contribution in [0, 0.1) is 17.1 Å². The maximum Gasteiger partial charge on any atom is 0.410 e. The molecule has 2 saturated heterocycles. The number of likely N-dealkylation sites (tertiary alicyclic amines) is 1. The van der Waals surface area contributed by atoms with Crippen LogP contribution in [-0.4, -0.2) is 96.5 Å². The third-order valence-corrected chi connectivity index (χ3v) is 9.29. The van der Waals surface area contributed by atoms with Crippen molar-refractivity contribution in [2.45, 2.75) is 70.6 Å². The fourth-order valence-electron chi connectivity index (χ4n) is 6.91. The Morgan fingerprint density at radius 2 is 1.80 bits per heavy atom. The first-order valence-corrected chi connectivity index (χ1v) is 16.4. The number of amides is 1. The Labute approximate surface area is 270 Å². The Hall–Kier alpha value is -4.17. The van der Waals surface area contributed by atoms with Crippen molar-refractivity contribution in [3.05, 3.63) is 53.5 Å². The Morgan fingerprint density at radius 3 is 2.54 bits per heavy atom. The molecule has 2 fully saturated rings. The summed E-state index contributed by atoms with van der Waals surface area (Å²) in [7, 11) is 2.12. The number of benzene rings is 2. The molecular weight excluding hydrogens is 585 g/mol. The first kappa shape index (κ1) is 31.8. The van der Waals surface area contributed by atoms with E-state index in [0.29, 0.717) is 69.6 Å². The Morgan fingerprint density at radius 1 is 1.02 bits per heavy atom. The van der Waals surface area contributed by atoms with Crippen molar-refractivity contribution >= 4 is 28.4 Å². The van der Waals surface area contributed by atoms with E-state index in [4.69, 9.17) is 19.4 Å². The standard InChI is InChI=1S/C35H44FN7O3/c1-35(2,3)46-34(44)43-21-20-42(22-25(43)13-16-37)32-27-14-18-41(30-12-6-9-24-8-5-11-28(36)31(24)30)19-15-29(27)38-33(39-32)45-23-26-10-7-17-40(26)4/h5-6,8-9,11-12,25-26H,7,10,13-15,17-23H2,1-4H3/t25?,26-/m0/s1. The molecule has 3 aliphatic heterocycles. The molecule has 1 aromatic heterocycles. The molecule has 0 saturated carbocycles. The zero-order chi connectivity index (χ0) is 32.4. The number of nitriles is 1. The molecule has 46 heavy (non-hydrogen) atoms. The van der Waals surface area contributed by atoms with Gasteiger partial charge >= 0.3 is 12.1 Å². The molecule has 244 valence electrons. The van der Waals surface area contributed by atoms with E-state index < -0.39 is 11.7 Å². The summed E-state index contributed by atoms with van der Waals surface area (Å²) in [6.45, 7) is 9.83. The van der Waals surface area contributed by atoms with Crippen LogP contribution < -0.4 is 14.5 Å². The van der Waals surface area contributed by atoms with Gasteiger partial charge in [0.15, 0.2) is 0 Å². The number of halogens is 1. The average Bonchev–Trinajstić information content (AvgIpc) is 3.31. The highest BCUT2D eigenvalue weighted by Crippen LogP contribution is 2.34. The van der Waals surface area contributed by atoms with Gasteiger partial charge in [0.25, 0.3) is 0 Å². The van der Waals surface area contributed by atoms with Crippen LogP contribution in [0.5, 0.6) is 6.01 Å². The SMILES string of the molecule is CN1CCC[C@H]1COc1nc2c(c(N3CCN(C(=O)OC(C)(C)C)C(CC#N)C3)n1)CCN(c1cccc3cccc(F)c13)CC2. The topological polar surface area (TPSA) is 98.1 Å². The van der Waals surface area contributed by atoms with Crippen molar-refractivity contribution in [3.8, 4) is 12.1 Å². The van der Waals surface area contributed by atoms with E-state index in [9.17, 15) is 10.1 Å². The number of piperazine rings is 1. The van der Waals surface area contributed by atoms with E-state index in [0.717, 1.165) is 47.5 Å². The first-order chi connectivity index (χ1) is 22.1. The summed E-state index contributed by atoms with van der Waals surface area (Å²) in [6, 6.07) is 13.7. The number of hydrogen-bond acceptors (Lipinski definition) is 9. The Kier molecular flexibility index (Phi) is 9.18. The number of hydrogen-bond donors (Lipinski definition) is 0. The maximum absolute atomic E-state index is 15.1. The normalized spacial score (nSPS) is 20.7. The van der Waals surface area contributed by atoms with Crippen LogP contribution in [-0.2, 0) is 17.6 Å². The fourth-order valence-corrected chi connectivity index (χ4v) is 6.91. The first-order valence-electron chi connectivity index (χ1n) is 16.4. The fraction of sp³-hybridized carbons (Fsp3) is 0.543. The van der Waals surface area contributed by atoms with Crippen LogP contribution in [0.2, 0.25) is 0 Å². The largest absolute Gasteiger partial charge is 0.462 e. The minimum Gasteiger partial charge on any atom is -0.462 e. The zero-order valence-electron chi connectivity index (χ0n) is 27.3. The second-order valence-electron chi connectivity index (χ2n) is 13.6. The monoisotopic (exact) mass is 629 g/mol. The molecule has 0 spiro atoms. The molecule has 0 aliphatic carbocycles. The summed E-state index contributed by atoms with van der Waals surface area (Å²) < 4.78 is 27.1. The Balaban J connectivity index is 1.30. The molecule has 0 radical (unpaired) electrons. The highest BCUT2D eigenvalue weighted by molar-refractivity contribution is 5.95. The van der Waals surface area contributed by atoms with Gasteiger partial charge in [-0.1, -0.05) is 24.3 Å². The molecule has 1 amide bonds. The number of carbonyl (C=O) groups is 1. The van der Waals surface area contributed by atoms with Gasteiger partial charge in [-0.15, -0.1) is 0 Å². The summed E-state index contributed by atoms with van der Waals surface area (Å²) in [6.07, 6.45) is 3.31. The number of rotatable bonds is 6. The third kappa shape index (κ3) is 6.82. The van der Waals surface area contributed by atoms with Crippen LogP contribution in [0.15, 0.2) is 36.4 Å². The highest BCUT2D eigenvalue weighted by Gasteiger charge is 2.36. The average molecular weight is 630 g/mol. The highest BCUT2D eigenvalue weighted by atomic mass is 19.1. The van der Waals surface area contributed by atoms with Gasteiger partial charge in [0, 0.05) is 61.8 Å². The molecular formula is C35H44FN7O3. The van der Waals surface area contributed by atoms with E-state index in [2.05, 4.69) is 27.8 Å². The van der Waals surface area contributed by atoms with E-state index in [1.54, 1.807) is 11.0 Å². The van der Waals surface area contributed by atoms with E-state index in [1.165, 1.54) is 6.07 Å². The molecule has 4 heterocycles. The number of likely N-dealkylation sites (N-methyl/N-ethyl adjacent to an activating group) is 1. The second-order valence-corrected chi connectivity index (χ2v) is 13.6. The smallest absolute Gasteiger partial charge is 0.410 e. The predicted molar refractivity (Wildman–Crippen MR) is 176 cm³/mol. The summed E-state index contributed by atoms with van der Waals surface area (Å²) in [5.41, 5.74) is 2.21. The molecule has 10 nitrogen and oxygen atoms in total. The number of ether oxygens (including phenoxy) is 2. The molecule has 2 aromatic carbocycles. The van der Waals surface area contributed by atoms with Crippen LogP contribution in [0.1, 0.15) is 51.3 Å². The lowest BCUT2D eigenvalue weighted by Crippen LogP contribution is -2.56. The molecule has 1 unspecified atom stereocenters. The lowest BCUT2D eigenvalue weighted by molar-refractivity contribution is 0.0144. The lowest BCUT2D eigenvalue weighted by Gasteiger charge is -2.42. The van der Waals surface area contributed by atoms with Crippen molar-refractivity contribution in [2.75, 3.05) is 62.7 Å². The number of fused-ring (bicyclic) bond motifs is 2.